The Kier molecular flexibility index (Phi) is 4.09. The first-order valence-corrected chi connectivity index (χ1v) is 6.17. The van der Waals surface area contributed by atoms with E-state index in [1.54, 1.807) is 13.2 Å². The molecule has 1 atom stereocenters. The normalized spacial score (nSPS) is 20.3. The third kappa shape index (κ3) is 2.82. The van der Waals surface area contributed by atoms with Crippen LogP contribution in [0.2, 0.25) is 0 Å². The Labute approximate surface area is 102 Å². The van der Waals surface area contributed by atoms with Crippen molar-refractivity contribution in [1.29, 1.82) is 0 Å². The van der Waals surface area contributed by atoms with Crippen LogP contribution in [0.15, 0.2) is 24.5 Å². The van der Waals surface area contributed by atoms with Crippen LogP contribution in [0.1, 0.15) is 30.9 Å². The first-order chi connectivity index (χ1) is 8.33. The molecule has 0 spiro atoms. The third-order valence-electron chi connectivity index (χ3n) is 3.22. The molecule has 1 N–H and O–H groups in total. The van der Waals surface area contributed by atoms with Crippen LogP contribution in [-0.4, -0.2) is 35.9 Å². The fourth-order valence-electron chi connectivity index (χ4n) is 2.40. The minimum absolute atomic E-state index is 0.182. The molecular formula is C13H19N3O. The molecule has 92 valence electrons. The standard InChI is InChI=1S/C13H19N3O/c1-14-10-13(17)16-8-3-2-6-12(16)11-5-4-7-15-9-11/h4-5,7,9,12,14H,2-3,6,8,10H2,1H3. The van der Waals surface area contributed by atoms with Gasteiger partial charge < -0.3 is 10.2 Å². The Bertz CT molecular complexity index is 366. The molecule has 0 bridgehead atoms. The molecule has 1 aliphatic heterocycles. The lowest BCUT2D eigenvalue weighted by atomic mass is 9.96. The molecule has 0 saturated carbocycles. The second kappa shape index (κ2) is 5.77. The average Bonchev–Trinajstić information content (AvgIpc) is 2.40. The zero-order valence-electron chi connectivity index (χ0n) is 10.2. The van der Waals surface area contributed by atoms with Gasteiger partial charge in [0.05, 0.1) is 12.6 Å². The van der Waals surface area contributed by atoms with Gasteiger partial charge in [-0.1, -0.05) is 6.07 Å². The summed E-state index contributed by atoms with van der Waals surface area (Å²) in [7, 11) is 1.81. The number of likely N-dealkylation sites (tertiary alicyclic amines) is 1. The summed E-state index contributed by atoms with van der Waals surface area (Å²) in [5, 5.41) is 2.93. The van der Waals surface area contributed by atoms with E-state index in [2.05, 4.69) is 16.4 Å². The van der Waals surface area contributed by atoms with Gasteiger partial charge in [-0.2, -0.15) is 0 Å². The second-order valence-electron chi connectivity index (χ2n) is 4.42. The van der Waals surface area contributed by atoms with E-state index >= 15 is 0 Å². The molecule has 1 aromatic heterocycles. The van der Waals surface area contributed by atoms with Crippen molar-refractivity contribution in [3.05, 3.63) is 30.1 Å². The highest BCUT2D eigenvalue weighted by molar-refractivity contribution is 5.78. The largest absolute Gasteiger partial charge is 0.334 e. The maximum absolute atomic E-state index is 12.0. The molecular weight excluding hydrogens is 214 g/mol. The molecule has 1 saturated heterocycles. The minimum Gasteiger partial charge on any atom is -0.334 e. The number of likely N-dealkylation sites (N-methyl/N-ethyl adjacent to an activating group) is 1. The molecule has 0 aliphatic carbocycles. The van der Waals surface area contributed by atoms with Crippen molar-refractivity contribution in [3.8, 4) is 0 Å². The molecule has 4 nitrogen and oxygen atoms in total. The van der Waals surface area contributed by atoms with Crippen LogP contribution >= 0.6 is 0 Å². The molecule has 1 aliphatic rings. The van der Waals surface area contributed by atoms with E-state index in [1.165, 1.54) is 6.42 Å². The van der Waals surface area contributed by atoms with Gasteiger partial charge in [0.15, 0.2) is 0 Å². The maximum atomic E-state index is 12.0. The molecule has 1 aromatic rings. The number of nitrogens with one attached hydrogen (secondary N) is 1. The van der Waals surface area contributed by atoms with Crippen LogP contribution in [-0.2, 0) is 4.79 Å². The number of hydrogen-bond donors (Lipinski definition) is 1. The van der Waals surface area contributed by atoms with Gasteiger partial charge in [0.2, 0.25) is 5.91 Å². The average molecular weight is 233 g/mol. The lowest BCUT2D eigenvalue weighted by Crippen LogP contribution is -2.42. The number of nitrogens with zero attached hydrogens (tertiary/aromatic N) is 2. The molecule has 1 fully saturated rings. The van der Waals surface area contributed by atoms with E-state index < -0.39 is 0 Å². The quantitative estimate of drug-likeness (QED) is 0.857. The highest BCUT2D eigenvalue weighted by atomic mass is 16.2. The molecule has 1 unspecified atom stereocenters. The van der Waals surface area contributed by atoms with Gasteiger partial charge in [-0.15, -0.1) is 0 Å². The number of hydrogen-bond acceptors (Lipinski definition) is 3. The fraction of sp³-hybridized carbons (Fsp3) is 0.538. The van der Waals surface area contributed by atoms with E-state index in [-0.39, 0.29) is 11.9 Å². The zero-order chi connectivity index (χ0) is 12.1. The highest BCUT2D eigenvalue weighted by Gasteiger charge is 2.27. The van der Waals surface area contributed by atoms with Gasteiger partial charge in [-0.05, 0) is 37.9 Å². The number of pyridine rings is 1. The van der Waals surface area contributed by atoms with Crippen molar-refractivity contribution in [1.82, 2.24) is 15.2 Å². The first-order valence-electron chi connectivity index (χ1n) is 6.17. The number of carbonyl (C=O) groups excluding carboxylic acids is 1. The fourth-order valence-corrected chi connectivity index (χ4v) is 2.40. The predicted molar refractivity (Wildman–Crippen MR) is 66.5 cm³/mol. The second-order valence-corrected chi connectivity index (χ2v) is 4.42. The lowest BCUT2D eigenvalue weighted by Gasteiger charge is -2.36. The van der Waals surface area contributed by atoms with Crippen LogP contribution in [0.3, 0.4) is 0 Å². The van der Waals surface area contributed by atoms with Gasteiger partial charge in [0.1, 0.15) is 0 Å². The lowest BCUT2D eigenvalue weighted by molar-refractivity contribution is -0.134. The van der Waals surface area contributed by atoms with Gasteiger partial charge in [0.25, 0.3) is 0 Å². The summed E-state index contributed by atoms with van der Waals surface area (Å²) in [5.74, 6) is 0.182. The van der Waals surface area contributed by atoms with Crippen molar-refractivity contribution in [2.75, 3.05) is 20.1 Å². The van der Waals surface area contributed by atoms with Crippen LogP contribution in [0.5, 0.6) is 0 Å². The van der Waals surface area contributed by atoms with Crippen molar-refractivity contribution >= 4 is 5.91 Å². The van der Waals surface area contributed by atoms with Crippen LogP contribution in [0.25, 0.3) is 0 Å². The van der Waals surface area contributed by atoms with Crippen molar-refractivity contribution in [2.24, 2.45) is 0 Å². The van der Waals surface area contributed by atoms with Gasteiger partial charge in [-0.25, -0.2) is 0 Å². The summed E-state index contributed by atoms with van der Waals surface area (Å²) >= 11 is 0. The SMILES string of the molecule is CNCC(=O)N1CCCCC1c1cccnc1. The minimum atomic E-state index is 0.182. The summed E-state index contributed by atoms with van der Waals surface area (Å²) in [6.45, 7) is 1.27. The summed E-state index contributed by atoms with van der Waals surface area (Å²) in [6.07, 6.45) is 6.97. The zero-order valence-corrected chi connectivity index (χ0v) is 10.2. The van der Waals surface area contributed by atoms with Crippen molar-refractivity contribution < 1.29 is 4.79 Å². The van der Waals surface area contributed by atoms with Crippen LogP contribution in [0, 0.1) is 0 Å². The highest BCUT2D eigenvalue weighted by Crippen LogP contribution is 2.30. The Morgan fingerprint density at radius 3 is 3.18 bits per heavy atom. The monoisotopic (exact) mass is 233 g/mol. The Morgan fingerprint density at radius 1 is 1.59 bits per heavy atom. The molecule has 1 amide bonds. The van der Waals surface area contributed by atoms with Gasteiger partial charge in [-0.3, -0.25) is 9.78 Å². The van der Waals surface area contributed by atoms with Gasteiger partial charge >= 0.3 is 0 Å². The van der Waals surface area contributed by atoms with Gasteiger partial charge in [0, 0.05) is 18.9 Å². The number of aromatic nitrogens is 1. The third-order valence-corrected chi connectivity index (χ3v) is 3.22. The Hall–Kier alpha value is -1.42. The van der Waals surface area contributed by atoms with Crippen molar-refractivity contribution in [2.45, 2.75) is 25.3 Å². The molecule has 17 heavy (non-hydrogen) atoms. The topological polar surface area (TPSA) is 45.2 Å². The number of piperidine rings is 1. The molecule has 4 heteroatoms. The van der Waals surface area contributed by atoms with E-state index in [1.807, 2.05) is 17.2 Å². The molecule has 0 radical (unpaired) electrons. The molecule has 2 rings (SSSR count). The van der Waals surface area contributed by atoms with E-state index in [0.29, 0.717) is 6.54 Å². The predicted octanol–water partition coefficient (Wildman–Crippen LogP) is 1.35. The summed E-state index contributed by atoms with van der Waals surface area (Å²) in [6, 6.07) is 4.20. The summed E-state index contributed by atoms with van der Waals surface area (Å²) in [4.78, 5) is 18.2. The summed E-state index contributed by atoms with van der Waals surface area (Å²) in [5.41, 5.74) is 1.15. The maximum Gasteiger partial charge on any atom is 0.237 e. The number of amides is 1. The summed E-state index contributed by atoms with van der Waals surface area (Å²) < 4.78 is 0. The first kappa shape index (κ1) is 12.0. The van der Waals surface area contributed by atoms with E-state index in [4.69, 9.17) is 0 Å². The molecule has 0 aromatic carbocycles. The van der Waals surface area contributed by atoms with Crippen LogP contribution in [0.4, 0.5) is 0 Å². The van der Waals surface area contributed by atoms with E-state index in [9.17, 15) is 4.79 Å². The van der Waals surface area contributed by atoms with Crippen LogP contribution < -0.4 is 5.32 Å². The Balaban J connectivity index is 2.15. The van der Waals surface area contributed by atoms with E-state index in [0.717, 1.165) is 24.9 Å². The smallest absolute Gasteiger partial charge is 0.237 e. The Morgan fingerprint density at radius 2 is 2.47 bits per heavy atom. The van der Waals surface area contributed by atoms with Crippen molar-refractivity contribution in [3.63, 3.8) is 0 Å². The molecule has 2 heterocycles. The number of carbonyl (C=O) groups is 1. The number of rotatable bonds is 3.